The Balaban J connectivity index is 1.71. The Labute approximate surface area is 119 Å². The molecular weight excluding hydrogens is 252 g/mol. The number of aromatic nitrogens is 1. The number of hydrogen-bond acceptors (Lipinski definition) is 4. The van der Waals surface area contributed by atoms with Crippen LogP contribution in [0.3, 0.4) is 0 Å². The molecule has 106 valence electrons. The number of nitrogens with zero attached hydrogens (tertiary/aromatic N) is 2. The normalized spacial score (nSPS) is 20.1. The molecule has 0 spiro atoms. The van der Waals surface area contributed by atoms with Crippen LogP contribution in [0.2, 0.25) is 0 Å². The van der Waals surface area contributed by atoms with Crippen LogP contribution in [0, 0.1) is 0 Å². The highest BCUT2D eigenvalue weighted by Crippen LogP contribution is 2.23. The van der Waals surface area contributed by atoms with E-state index in [4.69, 9.17) is 4.42 Å². The zero-order valence-electron chi connectivity index (χ0n) is 11.5. The van der Waals surface area contributed by atoms with Gasteiger partial charge in [0, 0.05) is 11.6 Å². The van der Waals surface area contributed by atoms with Gasteiger partial charge in [0.25, 0.3) is 0 Å². The van der Waals surface area contributed by atoms with Gasteiger partial charge in [0.05, 0.1) is 19.3 Å². The van der Waals surface area contributed by atoms with Crippen LogP contribution in [0.4, 0.5) is 0 Å². The molecule has 4 nitrogen and oxygen atoms in total. The van der Waals surface area contributed by atoms with E-state index in [1.807, 2.05) is 30.3 Å². The lowest BCUT2D eigenvalue weighted by Gasteiger charge is -2.33. The third-order valence-electron chi connectivity index (χ3n) is 3.91. The Kier molecular flexibility index (Phi) is 4.14. The fourth-order valence-corrected chi connectivity index (χ4v) is 2.77. The van der Waals surface area contributed by atoms with Crippen molar-refractivity contribution in [2.75, 3.05) is 13.2 Å². The molecule has 1 atom stereocenters. The maximum atomic E-state index is 9.43. The van der Waals surface area contributed by atoms with Crippen LogP contribution in [0.5, 0.6) is 0 Å². The van der Waals surface area contributed by atoms with Crippen molar-refractivity contribution in [2.45, 2.75) is 31.8 Å². The molecule has 1 unspecified atom stereocenters. The lowest BCUT2D eigenvalue weighted by Crippen LogP contribution is -2.41. The monoisotopic (exact) mass is 272 g/mol. The molecule has 0 saturated carbocycles. The summed E-state index contributed by atoms with van der Waals surface area (Å²) in [4.78, 5) is 6.63. The summed E-state index contributed by atoms with van der Waals surface area (Å²) in [5, 5.41) is 9.43. The van der Waals surface area contributed by atoms with Gasteiger partial charge in [-0.2, -0.15) is 0 Å². The van der Waals surface area contributed by atoms with Crippen molar-refractivity contribution >= 4 is 0 Å². The van der Waals surface area contributed by atoms with Crippen molar-refractivity contribution in [1.82, 2.24) is 9.88 Å². The quantitative estimate of drug-likeness (QED) is 0.929. The number of rotatable bonds is 4. The van der Waals surface area contributed by atoms with Crippen molar-refractivity contribution in [2.24, 2.45) is 0 Å². The molecule has 0 radical (unpaired) electrons. The lowest BCUT2D eigenvalue weighted by molar-refractivity contribution is 0.0770. The van der Waals surface area contributed by atoms with Gasteiger partial charge in [0.2, 0.25) is 5.89 Å². The van der Waals surface area contributed by atoms with Gasteiger partial charge < -0.3 is 9.52 Å². The Morgan fingerprint density at radius 1 is 1.25 bits per heavy atom. The largest absolute Gasteiger partial charge is 0.439 e. The van der Waals surface area contributed by atoms with Crippen LogP contribution in [0.15, 0.2) is 40.9 Å². The average molecular weight is 272 g/mol. The van der Waals surface area contributed by atoms with Gasteiger partial charge in [-0.25, -0.2) is 4.98 Å². The molecule has 20 heavy (non-hydrogen) atoms. The minimum absolute atomic E-state index is 0.215. The van der Waals surface area contributed by atoms with Crippen molar-refractivity contribution in [3.05, 3.63) is 42.4 Å². The number of piperidine rings is 1. The summed E-state index contributed by atoms with van der Waals surface area (Å²) in [7, 11) is 0. The molecule has 0 amide bonds. The van der Waals surface area contributed by atoms with Gasteiger partial charge in [-0.05, 0) is 19.4 Å². The first-order valence-corrected chi connectivity index (χ1v) is 7.22. The average Bonchev–Trinajstić information content (AvgIpc) is 2.97. The van der Waals surface area contributed by atoms with Crippen LogP contribution < -0.4 is 0 Å². The predicted octanol–water partition coefficient (Wildman–Crippen LogP) is 2.69. The highest BCUT2D eigenvalue weighted by Gasteiger charge is 2.23. The lowest BCUT2D eigenvalue weighted by atomic mass is 10.0. The zero-order valence-corrected chi connectivity index (χ0v) is 11.5. The number of aliphatic hydroxyl groups excluding tert-OH is 1. The molecule has 1 saturated heterocycles. The number of aliphatic hydroxyl groups is 1. The van der Waals surface area contributed by atoms with E-state index in [2.05, 4.69) is 9.88 Å². The van der Waals surface area contributed by atoms with Crippen LogP contribution in [-0.4, -0.2) is 34.2 Å². The van der Waals surface area contributed by atoms with E-state index in [1.54, 1.807) is 6.20 Å². The second-order valence-corrected chi connectivity index (χ2v) is 5.29. The van der Waals surface area contributed by atoms with Gasteiger partial charge >= 0.3 is 0 Å². The molecule has 1 aromatic carbocycles. The molecular formula is C16H20N2O2. The van der Waals surface area contributed by atoms with E-state index in [-0.39, 0.29) is 12.6 Å². The van der Waals surface area contributed by atoms with Gasteiger partial charge in [-0.15, -0.1) is 0 Å². The number of hydrogen-bond donors (Lipinski definition) is 1. The van der Waals surface area contributed by atoms with Crippen molar-refractivity contribution in [3.63, 3.8) is 0 Å². The SMILES string of the molecule is OCC1CCCCN1Cc1ncc(-c2ccccc2)o1. The van der Waals surface area contributed by atoms with E-state index in [0.717, 1.165) is 30.2 Å². The maximum absolute atomic E-state index is 9.43. The highest BCUT2D eigenvalue weighted by atomic mass is 16.4. The number of likely N-dealkylation sites (tertiary alicyclic amines) is 1. The molecule has 2 heterocycles. The van der Waals surface area contributed by atoms with E-state index in [1.165, 1.54) is 12.8 Å². The predicted molar refractivity (Wildman–Crippen MR) is 77.1 cm³/mol. The summed E-state index contributed by atoms with van der Waals surface area (Å²) in [5.74, 6) is 1.53. The van der Waals surface area contributed by atoms with Gasteiger partial charge in [0.15, 0.2) is 5.76 Å². The van der Waals surface area contributed by atoms with Gasteiger partial charge in [0.1, 0.15) is 0 Å². The third kappa shape index (κ3) is 2.92. The molecule has 0 aliphatic carbocycles. The fourth-order valence-electron chi connectivity index (χ4n) is 2.77. The minimum Gasteiger partial charge on any atom is -0.439 e. The third-order valence-corrected chi connectivity index (χ3v) is 3.91. The minimum atomic E-state index is 0.215. The topological polar surface area (TPSA) is 49.5 Å². The first kappa shape index (κ1) is 13.3. The number of oxazole rings is 1. The summed E-state index contributed by atoms with van der Waals surface area (Å²) in [5.41, 5.74) is 1.05. The summed E-state index contributed by atoms with van der Waals surface area (Å²) < 4.78 is 5.83. The molecule has 1 N–H and O–H groups in total. The molecule has 1 aromatic heterocycles. The van der Waals surface area contributed by atoms with Crippen molar-refractivity contribution < 1.29 is 9.52 Å². The van der Waals surface area contributed by atoms with Crippen LogP contribution in [0.25, 0.3) is 11.3 Å². The van der Waals surface area contributed by atoms with E-state index < -0.39 is 0 Å². The summed E-state index contributed by atoms with van der Waals surface area (Å²) in [6.07, 6.45) is 5.22. The standard InChI is InChI=1S/C16H20N2O2/c19-12-14-8-4-5-9-18(14)11-16-17-10-15(20-16)13-6-2-1-3-7-13/h1-3,6-7,10,14,19H,4-5,8-9,11-12H2. The highest BCUT2D eigenvalue weighted by molar-refractivity contribution is 5.55. The van der Waals surface area contributed by atoms with Crippen molar-refractivity contribution in [3.8, 4) is 11.3 Å². The summed E-state index contributed by atoms with van der Waals surface area (Å²) >= 11 is 0. The summed E-state index contributed by atoms with van der Waals surface area (Å²) in [6.45, 7) is 1.90. The van der Waals surface area contributed by atoms with E-state index >= 15 is 0 Å². The Hall–Kier alpha value is -1.65. The second-order valence-electron chi connectivity index (χ2n) is 5.29. The van der Waals surface area contributed by atoms with Crippen LogP contribution in [0.1, 0.15) is 25.2 Å². The molecule has 1 fully saturated rings. The second kappa shape index (κ2) is 6.20. The van der Waals surface area contributed by atoms with Crippen molar-refractivity contribution in [1.29, 1.82) is 0 Å². The molecule has 2 aromatic rings. The zero-order chi connectivity index (χ0) is 13.8. The van der Waals surface area contributed by atoms with Crippen LogP contribution in [-0.2, 0) is 6.54 Å². The first-order chi connectivity index (χ1) is 9.86. The summed E-state index contributed by atoms with van der Waals surface area (Å²) in [6, 6.07) is 10.2. The smallest absolute Gasteiger partial charge is 0.209 e. The fraction of sp³-hybridized carbons (Fsp3) is 0.438. The molecule has 0 bridgehead atoms. The molecule has 3 rings (SSSR count). The number of benzene rings is 1. The van der Waals surface area contributed by atoms with Gasteiger partial charge in [-0.3, -0.25) is 4.90 Å². The molecule has 1 aliphatic rings. The molecule has 4 heteroatoms. The van der Waals surface area contributed by atoms with E-state index in [0.29, 0.717) is 6.54 Å². The molecule has 1 aliphatic heterocycles. The van der Waals surface area contributed by atoms with E-state index in [9.17, 15) is 5.11 Å². The van der Waals surface area contributed by atoms with Gasteiger partial charge in [-0.1, -0.05) is 36.8 Å². The Morgan fingerprint density at radius 3 is 2.90 bits per heavy atom. The van der Waals surface area contributed by atoms with Crippen LogP contribution >= 0.6 is 0 Å². The maximum Gasteiger partial charge on any atom is 0.209 e. The Morgan fingerprint density at radius 2 is 2.10 bits per heavy atom. The Bertz CT molecular complexity index is 538. The first-order valence-electron chi connectivity index (χ1n) is 7.22.